The van der Waals surface area contributed by atoms with Gasteiger partial charge in [0, 0.05) is 39.3 Å². The summed E-state index contributed by atoms with van der Waals surface area (Å²) >= 11 is 0. The van der Waals surface area contributed by atoms with Gasteiger partial charge in [-0.2, -0.15) is 0 Å². The number of cyclic esters (lactones) is 1. The minimum absolute atomic E-state index is 0.258. The van der Waals surface area contributed by atoms with Gasteiger partial charge in [-0.3, -0.25) is 0 Å². The van der Waals surface area contributed by atoms with Crippen LogP contribution >= 0.6 is 0 Å². The van der Waals surface area contributed by atoms with Crippen molar-refractivity contribution in [3.8, 4) is 5.75 Å². The van der Waals surface area contributed by atoms with Gasteiger partial charge in [0.1, 0.15) is 11.5 Å². The van der Waals surface area contributed by atoms with Crippen LogP contribution < -0.4 is 9.64 Å². The maximum Gasteiger partial charge on any atom is 0.364 e. The lowest BCUT2D eigenvalue weighted by Gasteiger charge is -2.26. The predicted molar refractivity (Wildman–Crippen MR) is 167 cm³/mol. The van der Waals surface area contributed by atoms with E-state index in [2.05, 4.69) is 65.3 Å². The van der Waals surface area contributed by atoms with Gasteiger partial charge in [-0.25, -0.2) is 9.79 Å². The number of allylic oxidation sites excluding steroid dienone is 2. The highest BCUT2D eigenvalue weighted by atomic mass is 16.6. The topological polar surface area (TPSA) is 51.1 Å². The number of carbonyl (C=O) groups excluding carboxylic acids is 1. The average molecular weight is 547 g/mol. The molecule has 0 saturated heterocycles. The van der Waals surface area contributed by atoms with Gasteiger partial charge in [-0.1, -0.05) is 66.7 Å². The predicted octanol–water partition coefficient (Wildman–Crippen LogP) is 8.61. The SMILES string of the molecule is Cc1cccc(N(c2ccccc2)c2ccc(C3=CC(=C4N=C(c5ccccc5)OC4=O)c4ccccc4O3)cc2)c1. The summed E-state index contributed by atoms with van der Waals surface area (Å²) in [5, 5.41) is 0. The highest BCUT2D eigenvalue weighted by Crippen LogP contribution is 2.41. The minimum Gasteiger partial charge on any atom is -0.456 e. The van der Waals surface area contributed by atoms with E-state index in [0.717, 1.165) is 33.8 Å². The molecule has 0 N–H and O–H groups in total. The van der Waals surface area contributed by atoms with Gasteiger partial charge in [0.15, 0.2) is 5.70 Å². The summed E-state index contributed by atoms with van der Waals surface area (Å²) in [6.07, 6.45) is 1.88. The van der Waals surface area contributed by atoms with Crippen LogP contribution in [-0.4, -0.2) is 11.9 Å². The molecule has 0 aliphatic carbocycles. The fourth-order valence-corrected chi connectivity index (χ4v) is 5.22. The molecule has 5 nitrogen and oxygen atoms in total. The summed E-state index contributed by atoms with van der Waals surface area (Å²) in [5.74, 6) is 1.09. The van der Waals surface area contributed by atoms with E-state index in [1.165, 1.54) is 5.56 Å². The zero-order valence-corrected chi connectivity index (χ0v) is 22.9. The van der Waals surface area contributed by atoms with E-state index in [1.807, 2.05) is 91.0 Å². The fraction of sp³-hybridized carbons (Fsp3) is 0.0270. The third kappa shape index (κ3) is 4.78. The second-order valence-electron chi connectivity index (χ2n) is 10.1. The summed E-state index contributed by atoms with van der Waals surface area (Å²) in [7, 11) is 0. The maximum atomic E-state index is 13.1. The molecule has 0 radical (unpaired) electrons. The third-order valence-corrected chi connectivity index (χ3v) is 7.23. The van der Waals surface area contributed by atoms with Crippen molar-refractivity contribution in [3.05, 3.63) is 167 Å². The number of para-hydroxylation sites is 2. The summed E-state index contributed by atoms with van der Waals surface area (Å²) in [6, 6.07) is 44.1. The Morgan fingerprint density at radius 3 is 2.05 bits per heavy atom. The zero-order chi connectivity index (χ0) is 28.5. The first kappa shape index (κ1) is 25.3. The number of aliphatic imine (C=N–C) groups is 1. The zero-order valence-electron chi connectivity index (χ0n) is 22.9. The largest absolute Gasteiger partial charge is 0.456 e. The molecule has 2 aliphatic rings. The van der Waals surface area contributed by atoms with Gasteiger partial charge < -0.3 is 14.4 Å². The van der Waals surface area contributed by atoms with E-state index in [0.29, 0.717) is 23.0 Å². The summed E-state index contributed by atoms with van der Waals surface area (Å²) in [5.41, 5.74) is 7.69. The molecule has 202 valence electrons. The molecule has 0 bridgehead atoms. The van der Waals surface area contributed by atoms with Gasteiger partial charge in [0.2, 0.25) is 5.90 Å². The molecule has 0 amide bonds. The lowest BCUT2D eigenvalue weighted by molar-refractivity contribution is -0.129. The number of anilines is 3. The molecular formula is C37H26N2O3. The Kier molecular flexibility index (Phi) is 6.45. The van der Waals surface area contributed by atoms with Crippen LogP contribution in [0.1, 0.15) is 22.3 Å². The number of hydrogen-bond donors (Lipinski definition) is 0. The van der Waals surface area contributed by atoms with Gasteiger partial charge >= 0.3 is 5.97 Å². The minimum atomic E-state index is -0.483. The Morgan fingerprint density at radius 2 is 1.29 bits per heavy atom. The molecule has 0 unspecified atom stereocenters. The monoisotopic (exact) mass is 546 g/mol. The first-order valence-electron chi connectivity index (χ1n) is 13.8. The number of esters is 1. The second kappa shape index (κ2) is 10.7. The lowest BCUT2D eigenvalue weighted by Crippen LogP contribution is -2.10. The van der Waals surface area contributed by atoms with Crippen molar-refractivity contribution >= 4 is 40.3 Å². The van der Waals surface area contributed by atoms with E-state index in [4.69, 9.17) is 9.47 Å². The molecule has 42 heavy (non-hydrogen) atoms. The third-order valence-electron chi connectivity index (χ3n) is 7.23. The molecule has 2 heterocycles. The normalized spacial score (nSPS) is 15.7. The van der Waals surface area contributed by atoms with E-state index in [9.17, 15) is 4.79 Å². The highest BCUT2D eigenvalue weighted by molar-refractivity contribution is 6.15. The smallest absolute Gasteiger partial charge is 0.364 e. The number of fused-ring (bicyclic) bond motifs is 1. The molecule has 0 aromatic heterocycles. The Labute approximate surface area is 244 Å². The van der Waals surface area contributed by atoms with Crippen LogP contribution in [0.5, 0.6) is 5.75 Å². The molecule has 0 saturated carbocycles. The van der Waals surface area contributed by atoms with Crippen molar-refractivity contribution < 1.29 is 14.3 Å². The number of benzene rings is 5. The van der Waals surface area contributed by atoms with Gasteiger partial charge in [-0.05, 0) is 85.3 Å². The summed E-state index contributed by atoms with van der Waals surface area (Å²) in [6.45, 7) is 2.10. The number of hydrogen-bond acceptors (Lipinski definition) is 5. The first-order valence-corrected chi connectivity index (χ1v) is 13.8. The quantitative estimate of drug-likeness (QED) is 0.164. The van der Waals surface area contributed by atoms with Gasteiger partial charge in [0.05, 0.1) is 0 Å². The Hall–Kier alpha value is -5.68. The fourth-order valence-electron chi connectivity index (χ4n) is 5.22. The Bertz CT molecular complexity index is 1890. The van der Waals surface area contributed by atoms with Crippen LogP contribution in [0.2, 0.25) is 0 Å². The van der Waals surface area contributed by atoms with E-state index >= 15 is 0 Å². The molecule has 5 aromatic rings. The maximum absolute atomic E-state index is 13.1. The first-order chi connectivity index (χ1) is 20.6. The van der Waals surface area contributed by atoms with Gasteiger partial charge in [0.25, 0.3) is 0 Å². The summed E-state index contributed by atoms with van der Waals surface area (Å²) < 4.78 is 11.9. The van der Waals surface area contributed by atoms with Crippen LogP contribution in [0.15, 0.2) is 150 Å². The number of ether oxygens (including phenoxy) is 2. The molecule has 0 spiro atoms. The molecule has 5 heteroatoms. The standard InChI is InChI=1S/C37H26N2O3/c1-25-11-10-16-30(23-25)39(28-14-6-3-7-15-28)29-21-19-26(20-22-29)34-24-32(31-17-8-9-18-33(31)41-34)35-37(40)42-36(38-35)27-12-4-2-5-13-27/h2-24H,1H3. The average Bonchev–Trinajstić information content (AvgIpc) is 3.43. The number of rotatable bonds is 5. The van der Waals surface area contributed by atoms with Crippen LogP contribution in [0.25, 0.3) is 11.3 Å². The Balaban J connectivity index is 1.29. The van der Waals surface area contributed by atoms with Crippen molar-refractivity contribution in [1.29, 1.82) is 0 Å². The van der Waals surface area contributed by atoms with Crippen LogP contribution in [0, 0.1) is 6.92 Å². The molecule has 5 aromatic carbocycles. The van der Waals surface area contributed by atoms with Crippen LogP contribution in [-0.2, 0) is 9.53 Å². The Morgan fingerprint density at radius 1 is 0.619 bits per heavy atom. The van der Waals surface area contributed by atoms with Crippen molar-refractivity contribution in [2.75, 3.05) is 4.90 Å². The summed E-state index contributed by atoms with van der Waals surface area (Å²) in [4.78, 5) is 19.9. The molecule has 2 aliphatic heterocycles. The van der Waals surface area contributed by atoms with Gasteiger partial charge in [-0.15, -0.1) is 0 Å². The lowest BCUT2D eigenvalue weighted by atomic mass is 9.97. The van der Waals surface area contributed by atoms with Crippen molar-refractivity contribution in [1.82, 2.24) is 0 Å². The van der Waals surface area contributed by atoms with E-state index in [1.54, 1.807) is 0 Å². The highest BCUT2D eigenvalue weighted by Gasteiger charge is 2.30. The van der Waals surface area contributed by atoms with Crippen LogP contribution in [0.3, 0.4) is 0 Å². The van der Waals surface area contributed by atoms with Crippen molar-refractivity contribution in [2.24, 2.45) is 4.99 Å². The molecule has 0 fully saturated rings. The molecular weight excluding hydrogens is 520 g/mol. The van der Waals surface area contributed by atoms with E-state index in [-0.39, 0.29) is 5.70 Å². The number of nitrogens with zero attached hydrogens (tertiary/aromatic N) is 2. The number of carbonyl (C=O) groups is 1. The molecule has 7 rings (SSSR count). The second-order valence-corrected chi connectivity index (χ2v) is 10.1. The van der Waals surface area contributed by atoms with Crippen LogP contribution in [0.4, 0.5) is 17.1 Å². The van der Waals surface area contributed by atoms with Crippen molar-refractivity contribution in [2.45, 2.75) is 6.92 Å². The number of aryl methyl sites for hydroxylation is 1. The van der Waals surface area contributed by atoms with Crippen molar-refractivity contribution in [3.63, 3.8) is 0 Å². The molecule has 0 atom stereocenters. The van der Waals surface area contributed by atoms with E-state index < -0.39 is 5.97 Å².